The van der Waals surface area contributed by atoms with Gasteiger partial charge in [-0.15, -0.1) is 0 Å². The first kappa shape index (κ1) is 14.5. The summed E-state index contributed by atoms with van der Waals surface area (Å²) in [5.41, 5.74) is 10.5. The maximum absolute atomic E-state index is 5.73. The molecule has 4 heteroatoms. The minimum atomic E-state index is 0.417. The summed E-state index contributed by atoms with van der Waals surface area (Å²) in [5.74, 6) is 0.633. The summed E-state index contributed by atoms with van der Waals surface area (Å²) < 4.78 is 0.947. The molecule has 0 amide bonds. The lowest BCUT2D eigenvalue weighted by molar-refractivity contribution is 0.562. The molecule has 1 aliphatic rings. The number of nitrogens with two attached hydrogens (primary N) is 1. The van der Waals surface area contributed by atoms with Crippen LogP contribution in [0.1, 0.15) is 18.1 Å². The van der Waals surface area contributed by atoms with Gasteiger partial charge in [0.15, 0.2) is 0 Å². The topological polar surface area (TPSA) is 29.3 Å². The van der Waals surface area contributed by atoms with Gasteiger partial charge in [-0.1, -0.05) is 37.3 Å². The summed E-state index contributed by atoms with van der Waals surface area (Å²) in [6.45, 7) is 3.32. The fraction of sp³-hybridized carbons (Fsp3) is 0.235. The van der Waals surface area contributed by atoms with E-state index >= 15 is 0 Å². The van der Waals surface area contributed by atoms with Crippen LogP contribution in [-0.2, 0) is 6.42 Å². The molecular weight excluding hydrogens is 344 g/mol. The number of halogens is 1. The van der Waals surface area contributed by atoms with Gasteiger partial charge in [0.1, 0.15) is 4.99 Å². The number of para-hydroxylation sites is 1. The third-order valence-corrected chi connectivity index (χ3v) is 4.75. The molecule has 3 rings (SSSR count). The summed E-state index contributed by atoms with van der Waals surface area (Å²) in [7, 11) is 0. The molecule has 1 unspecified atom stereocenters. The maximum Gasteiger partial charge on any atom is 0.105 e. The molecule has 108 valence electrons. The van der Waals surface area contributed by atoms with E-state index in [9.17, 15) is 0 Å². The molecule has 1 heterocycles. The number of thiocarbonyl (C=S) groups is 1. The quantitative estimate of drug-likeness (QED) is 0.804. The van der Waals surface area contributed by atoms with Crippen molar-refractivity contribution < 1.29 is 0 Å². The molecule has 2 aromatic carbocycles. The van der Waals surface area contributed by atoms with E-state index in [-0.39, 0.29) is 0 Å². The van der Waals surface area contributed by atoms with E-state index < -0.39 is 0 Å². The van der Waals surface area contributed by atoms with E-state index in [2.05, 4.69) is 64.2 Å². The second kappa shape index (κ2) is 5.78. The van der Waals surface area contributed by atoms with Crippen LogP contribution in [0.3, 0.4) is 0 Å². The van der Waals surface area contributed by atoms with Crippen LogP contribution >= 0.6 is 28.1 Å². The molecule has 1 atom stereocenters. The van der Waals surface area contributed by atoms with Crippen LogP contribution in [0, 0.1) is 5.92 Å². The zero-order valence-corrected chi connectivity index (χ0v) is 14.2. The Kier molecular flexibility index (Phi) is 4.00. The molecule has 0 saturated heterocycles. The average Bonchev–Trinajstić information content (AvgIpc) is 2.45. The first-order chi connectivity index (χ1) is 10.1. The van der Waals surface area contributed by atoms with Gasteiger partial charge in [0.2, 0.25) is 0 Å². The van der Waals surface area contributed by atoms with E-state index in [1.165, 1.54) is 16.9 Å². The zero-order chi connectivity index (χ0) is 15.0. The monoisotopic (exact) mass is 360 g/mol. The molecule has 2 N–H and O–H groups in total. The summed E-state index contributed by atoms with van der Waals surface area (Å²) in [4.78, 5) is 2.79. The van der Waals surface area contributed by atoms with Gasteiger partial charge in [0.05, 0.1) is 0 Å². The lowest BCUT2D eigenvalue weighted by atomic mass is 9.93. The summed E-state index contributed by atoms with van der Waals surface area (Å²) >= 11 is 8.64. The molecule has 2 nitrogen and oxygen atoms in total. The molecule has 0 aromatic heterocycles. The van der Waals surface area contributed by atoms with Gasteiger partial charge < -0.3 is 10.6 Å². The van der Waals surface area contributed by atoms with Crippen molar-refractivity contribution in [3.05, 3.63) is 58.1 Å². The van der Waals surface area contributed by atoms with Crippen LogP contribution < -0.4 is 10.6 Å². The fourth-order valence-electron chi connectivity index (χ4n) is 2.91. The molecule has 0 saturated carbocycles. The summed E-state index contributed by atoms with van der Waals surface area (Å²) in [6, 6.07) is 14.8. The average molecular weight is 361 g/mol. The van der Waals surface area contributed by atoms with Gasteiger partial charge >= 0.3 is 0 Å². The highest BCUT2D eigenvalue weighted by atomic mass is 79.9. The van der Waals surface area contributed by atoms with Gasteiger partial charge in [0, 0.05) is 28.0 Å². The number of hydrogen-bond donors (Lipinski definition) is 1. The Balaban J connectivity index is 2.05. The minimum Gasteiger partial charge on any atom is -0.389 e. The second-order valence-corrected chi connectivity index (χ2v) is 6.87. The van der Waals surface area contributed by atoms with Gasteiger partial charge in [0.25, 0.3) is 0 Å². The van der Waals surface area contributed by atoms with Crippen LogP contribution in [0.2, 0.25) is 0 Å². The first-order valence-corrected chi connectivity index (χ1v) is 8.21. The van der Waals surface area contributed by atoms with Crippen LogP contribution in [0.25, 0.3) is 0 Å². The predicted octanol–water partition coefficient (Wildman–Crippen LogP) is 4.41. The van der Waals surface area contributed by atoms with Gasteiger partial charge in [-0.2, -0.15) is 0 Å². The molecular formula is C17H17BrN2S. The Bertz CT molecular complexity index is 699. The SMILES string of the molecule is CC1Cc2ccccc2N(c2ccc(C(N)=S)c(Br)c2)C1. The van der Waals surface area contributed by atoms with Crippen molar-refractivity contribution in [3.63, 3.8) is 0 Å². The highest BCUT2D eigenvalue weighted by molar-refractivity contribution is 9.10. The standard InChI is InChI=1S/C17H17BrN2S/c1-11-8-12-4-2-3-5-16(12)20(10-11)13-6-7-14(17(19)21)15(18)9-13/h2-7,9,11H,8,10H2,1H3,(H2,19,21). The Morgan fingerprint density at radius 1 is 1.29 bits per heavy atom. The zero-order valence-electron chi connectivity index (χ0n) is 11.8. The molecule has 0 aliphatic carbocycles. The minimum absolute atomic E-state index is 0.417. The van der Waals surface area contributed by atoms with Crippen molar-refractivity contribution in [3.8, 4) is 0 Å². The number of rotatable bonds is 2. The van der Waals surface area contributed by atoms with E-state index in [1.807, 2.05) is 6.07 Å². The Morgan fingerprint density at radius 3 is 2.76 bits per heavy atom. The van der Waals surface area contributed by atoms with E-state index in [0.717, 1.165) is 23.0 Å². The molecule has 2 aromatic rings. The smallest absolute Gasteiger partial charge is 0.105 e. The number of hydrogen-bond acceptors (Lipinski definition) is 2. The Hall–Kier alpha value is -1.39. The van der Waals surface area contributed by atoms with E-state index in [4.69, 9.17) is 18.0 Å². The van der Waals surface area contributed by atoms with E-state index in [0.29, 0.717) is 10.9 Å². The predicted molar refractivity (Wildman–Crippen MR) is 96.3 cm³/mol. The number of anilines is 2. The van der Waals surface area contributed by atoms with Crippen LogP contribution in [0.15, 0.2) is 46.9 Å². The summed E-state index contributed by atoms with van der Waals surface area (Å²) in [6.07, 6.45) is 1.14. The fourth-order valence-corrected chi connectivity index (χ4v) is 3.80. The van der Waals surface area contributed by atoms with Crippen molar-refractivity contribution in [1.29, 1.82) is 0 Å². The second-order valence-electron chi connectivity index (χ2n) is 5.58. The van der Waals surface area contributed by atoms with Crippen molar-refractivity contribution in [2.45, 2.75) is 13.3 Å². The number of nitrogens with zero attached hydrogens (tertiary/aromatic N) is 1. The van der Waals surface area contributed by atoms with Crippen molar-refractivity contribution in [2.24, 2.45) is 11.7 Å². The van der Waals surface area contributed by atoms with Gasteiger partial charge in [-0.25, -0.2) is 0 Å². The first-order valence-electron chi connectivity index (χ1n) is 7.01. The normalized spacial score (nSPS) is 17.4. The van der Waals surface area contributed by atoms with Crippen LogP contribution in [0.5, 0.6) is 0 Å². The van der Waals surface area contributed by atoms with Gasteiger partial charge in [-0.05, 0) is 58.1 Å². The molecule has 21 heavy (non-hydrogen) atoms. The van der Waals surface area contributed by atoms with Crippen molar-refractivity contribution >= 4 is 44.5 Å². The Morgan fingerprint density at radius 2 is 2.05 bits per heavy atom. The van der Waals surface area contributed by atoms with Crippen molar-refractivity contribution in [1.82, 2.24) is 0 Å². The molecule has 0 bridgehead atoms. The molecule has 0 fully saturated rings. The third kappa shape index (κ3) is 2.83. The lowest BCUT2D eigenvalue weighted by Gasteiger charge is -2.35. The Labute approximate surface area is 139 Å². The highest BCUT2D eigenvalue weighted by Gasteiger charge is 2.22. The lowest BCUT2D eigenvalue weighted by Crippen LogP contribution is -2.30. The highest BCUT2D eigenvalue weighted by Crippen LogP contribution is 2.36. The maximum atomic E-state index is 5.73. The molecule has 1 aliphatic heterocycles. The number of benzene rings is 2. The van der Waals surface area contributed by atoms with Crippen molar-refractivity contribution in [2.75, 3.05) is 11.4 Å². The van der Waals surface area contributed by atoms with Gasteiger partial charge in [-0.3, -0.25) is 0 Å². The van der Waals surface area contributed by atoms with E-state index in [1.54, 1.807) is 0 Å². The molecule has 0 spiro atoms. The van der Waals surface area contributed by atoms with Crippen LogP contribution in [-0.4, -0.2) is 11.5 Å². The number of fused-ring (bicyclic) bond motifs is 1. The molecule has 0 radical (unpaired) electrons. The third-order valence-electron chi connectivity index (χ3n) is 3.87. The largest absolute Gasteiger partial charge is 0.389 e. The summed E-state index contributed by atoms with van der Waals surface area (Å²) in [5, 5.41) is 0. The van der Waals surface area contributed by atoms with Crippen LogP contribution in [0.4, 0.5) is 11.4 Å².